The highest BCUT2D eigenvalue weighted by Gasteiger charge is 2.09. The summed E-state index contributed by atoms with van der Waals surface area (Å²) in [7, 11) is 0. The third-order valence-electron chi connectivity index (χ3n) is 4.30. The van der Waals surface area contributed by atoms with Gasteiger partial charge in [0.15, 0.2) is 0 Å². The second-order valence-corrected chi connectivity index (χ2v) is 7.43. The van der Waals surface area contributed by atoms with E-state index < -0.39 is 0 Å². The Bertz CT molecular complexity index is 1110. The lowest BCUT2D eigenvalue weighted by molar-refractivity contribution is -0.115. The minimum absolute atomic E-state index is 0.0305. The quantitative estimate of drug-likeness (QED) is 0.503. The maximum atomic E-state index is 12.4. The molecule has 28 heavy (non-hydrogen) atoms. The first kappa shape index (κ1) is 18.1. The minimum Gasteiger partial charge on any atom is -0.326 e. The SMILES string of the molecule is Cc1cccc(CC(=O)Nc2cccc(-c3csc(-c4cccnc4)n3)c2)c1. The molecule has 0 unspecified atom stereocenters. The third kappa shape index (κ3) is 4.32. The second kappa shape index (κ2) is 8.15. The summed E-state index contributed by atoms with van der Waals surface area (Å²) in [5.41, 5.74) is 5.79. The number of hydrogen-bond donors (Lipinski definition) is 1. The van der Waals surface area contributed by atoms with Crippen molar-refractivity contribution in [3.63, 3.8) is 0 Å². The van der Waals surface area contributed by atoms with Crippen LogP contribution in [0.5, 0.6) is 0 Å². The van der Waals surface area contributed by atoms with Crippen LogP contribution in [0.15, 0.2) is 78.4 Å². The van der Waals surface area contributed by atoms with Crippen molar-refractivity contribution in [2.45, 2.75) is 13.3 Å². The van der Waals surface area contributed by atoms with Gasteiger partial charge in [0.25, 0.3) is 0 Å². The Morgan fingerprint density at radius 2 is 1.89 bits per heavy atom. The van der Waals surface area contributed by atoms with Crippen LogP contribution in [-0.2, 0) is 11.2 Å². The molecule has 4 nitrogen and oxygen atoms in total. The summed E-state index contributed by atoms with van der Waals surface area (Å²) in [4.78, 5) is 21.3. The highest BCUT2D eigenvalue weighted by atomic mass is 32.1. The number of nitrogens with one attached hydrogen (secondary N) is 1. The van der Waals surface area contributed by atoms with Crippen molar-refractivity contribution in [1.82, 2.24) is 9.97 Å². The van der Waals surface area contributed by atoms with Gasteiger partial charge in [-0.2, -0.15) is 0 Å². The van der Waals surface area contributed by atoms with Crippen molar-refractivity contribution in [1.29, 1.82) is 0 Å². The van der Waals surface area contributed by atoms with E-state index in [0.717, 1.165) is 38.6 Å². The molecule has 0 aliphatic heterocycles. The van der Waals surface area contributed by atoms with Crippen molar-refractivity contribution in [3.05, 3.63) is 89.6 Å². The van der Waals surface area contributed by atoms with Gasteiger partial charge in [-0.3, -0.25) is 9.78 Å². The van der Waals surface area contributed by atoms with Gasteiger partial charge < -0.3 is 5.32 Å². The average Bonchev–Trinajstić information content (AvgIpc) is 3.19. The summed E-state index contributed by atoms with van der Waals surface area (Å²) in [6.45, 7) is 2.03. The molecule has 0 fully saturated rings. The molecule has 0 spiro atoms. The van der Waals surface area contributed by atoms with Crippen LogP contribution < -0.4 is 5.32 Å². The maximum Gasteiger partial charge on any atom is 0.228 e. The Hall–Kier alpha value is -3.31. The average molecular weight is 385 g/mol. The lowest BCUT2D eigenvalue weighted by Gasteiger charge is -2.07. The van der Waals surface area contributed by atoms with Gasteiger partial charge in [-0.25, -0.2) is 4.98 Å². The Morgan fingerprint density at radius 1 is 1.04 bits per heavy atom. The largest absolute Gasteiger partial charge is 0.326 e. The molecule has 0 bridgehead atoms. The van der Waals surface area contributed by atoms with Crippen LogP contribution in [-0.4, -0.2) is 15.9 Å². The molecule has 0 saturated carbocycles. The van der Waals surface area contributed by atoms with Crippen molar-refractivity contribution >= 4 is 22.9 Å². The topological polar surface area (TPSA) is 54.9 Å². The van der Waals surface area contributed by atoms with Crippen LogP contribution in [0.1, 0.15) is 11.1 Å². The van der Waals surface area contributed by atoms with E-state index >= 15 is 0 Å². The van der Waals surface area contributed by atoms with Crippen molar-refractivity contribution < 1.29 is 4.79 Å². The Kier molecular flexibility index (Phi) is 5.26. The standard InChI is InChI=1S/C23H19N3OS/c1-16-5-2-6-17(11-16)12-22(27)25-20-9-3-7-18(13-20)21-15-28-23(26-21)19-8-4-10-24-14-19/h2-11,13-15H,12H2,1H3,(H,25,27). The van der Waals surface area contributed by atoms with Crippen LogP contribution in [0, 0.1) is 6.92 Å². The first-order chi connectivity index (χ1) is 13.7. The highest BCUT2D eigenvalue weighted by Crippen LogP contribution is 2.29. The number of pyridine rings is 1. The zero-order chi connectivity index (χ0) is 19.3. The predicted octanol–water partition coefficient (Wildman–Crippen LogP) is 5.36. The smallest absolute Gasteiger partial charge is 0.228 e. The first-order valence-electron chi connectivity index (χ1n) is 8.99. The summed E-state index contributed by atoms with van der Waals surface area (Å²) < 4.78 is 0. The van der Waals surface area contributed by atoms with Crippen LogP contribution in [0.25, 0.3) is 21.8 Å². The lowest BCUT2D eigenvalue weighted by atomic mass is 10.1. The van der Waals surface area contributed by atoms with E-state index in [0.29, 0.717) is 6.42 Å². The summed E-state index contributed by atoms with van der Waals surface area (Å²) >= 11 is 1.58. The Morgan fingerprint density at radius 3 is 2.71 bits per heavy atom. The van der Waals surface area contributed by atoms with Gasteiger partial charge in [-0.05, 0) is 36.8 Å². The maximum absolute atomic E-state index is 12.4. The first-order valence-corrected chi connectivity index (χ1v) is 9.87. The number of rotatable bonds is 5. The molecule has 4 rings (SSSR count). The number of carbonyl (C=O) groups is 1. The predicted molar refractivity (Wildman–Crippen MR) is 114 cm³/mol. The van der Waals surface area contributed by atoms with Crippen molar-refractivity contribution in [3.8, 4) is 21.8 Å². The summed E-state index contributed by atoms with van der Waals surface area (Å²) in [5, 5.41) is 5.94. The number of carbonyl (C=O) groups excluding carboxylic acids is 1. The van der Waals surface area contributed by atoms with E-state index in [1.807, 2.05) is 79.2 Å². The van der Waals surface area contributed by atoms with Gasteiger partial charge in [0.05, 0.1) is 12.1 Å². The van der Waals surface area contributed by atoms with Gasteiger partial charge in [-0.15, -0.1) is 11.3 Å². The summed E-state index contributed by atoms with van der Waals surface area (Å²) in [6.07, 6.45) is 3.92. The number of thiazole rings is 1. The zero-order valence-electron chi connectivity index (χ0n) is 15.4. The molecule has 2 aromatic carbocycles. The number of benzene rings is 2. The number of aromatic nitrogens is 2. The molecule has 0 radical (unpaired) electrons. The molecule has 4 aromatic rings. The van der Waals surface area contributed by atoms with E-state index in [1.165, 1.54) is 0 Å². The molecular weight excluding hydrogens is 366 g/mol. The Balaban J connectivity index is 1.49. The van der Waals surface area contributed by atoms with Gasteiger partial charge in [-0.1, -0.05) is 42.0 Å². The van der Waals surface area contributed by atoms with Gasteiger partial charge in [0, 0.05) is 34.6 Å². The van der Waals surface area contributed by atoms with Gasteiger partial charge >= 0.3 is 0 Å². The molecule has 0 aliphatic carbocycles. The normalized spacial score (nSPS) is 10.6. The van der Waals surface area contributed by atoms with Crippen molar-refractivity contribution in [2.24, 2.45) is 0 Å². The number of hydrogen-bond acceptors (Lipinski definition) is 4. The zero-order valence-corrected chi connectivity index (χ0v) is 16.2. The van der Waals surface area contributed by atoms with Gasteiger partial charge in [0.1, 0.15) is 5.01 Å². The third-order valence-corrected chi connectivity index (χ3v) is 5.19. The van der Waals surface area contributed by atoms with Crippen LogP contribution in [0.3, 0.4) is 0 Å². The number of amides is 1. The second-order valence-electron chi connectivity index (χ2n) is 6.57. The highest BCUT2D eigenvalue weighted by molar-refractivity contribution is 7.13. The minimum atomic E-state index is -0.0305. The van der Waals surface area contributed by atoms with E-state index in [1.54, 1.807) is 17.5 Å². The number of anilines is 1. The van der Waals surface area contributed by atoms with Crippen LogP contribution in [0.4, 0.5) is 5.69 Å². The summed E-state index contributed by atoms with van der Waals surface area (Å²) in [5.74, 6) is -0.0305. The van der Waals surface area contributed by atoms with Crippen LogP contribution in [0.2, 0.25) is 0 Å². The number of aryl methyl sites for hydroxylation is 1. The van der Waals surface area contributed by atoms with Crippen LogP contribution >= 0.6 is 11.3 Å². The molecule has 5 heteroatoms. The molecule has 2 aromatic heterocycles. The Labute approximate surface area is 167 Å². The molecule has 0 atom stereocenters. The molecule has 1 amide bonds. The lowest BCUT2D eigenvalue weighted by Crippen LogP contribution is -2.14. The van der Waals surface area contributed by atoms with Gasteiger partial charge in [0.2, 0.25) is 5.91 Å². The van der Waals surface area contributed by atoms with Crippen molar-refractivity contribution in [2.75, 3.05) is 5.32 Å². The van der Waals surface area contributed by atoms with E-state index in [2.05, 4.69) is 10.3 Å². The molecule has 0 saturated heterocycles. The summed E-state index contributed by atoms with van der Waals surface area (Å²) in [6, 6.07) is 19.7. The van der Waals surface area contributed by atoms with E-state index in [-0.39, 0.29) is 5.91 Å². The molecule has 138 valence electrons. The fourth-order valence-electron chi connectivity index (χ4n) is 3.00. The fourth-order valence-corrected chi connectivity index (χ4v) is 3.82. The molecule has 1 N–H and O–H groups in total. The molecule has 2 heterocycles. The molecule has 0 aliphatic rings. The molecular formula is C23H19N3OS. The number of nitrogens with zero attached hydrogens (tertiary/aromatic N) is 2. The fraction of sp³-hybridized carbons (Fsp3) is 0.0870. The van der Waals surface area contributed by atoms with E-state index in [9.17, 15) is 4.79 Å². The van der Waals surface area contributed by atoms with E-state index in [4.69, 9.17) is 4.98 Å². The monoisotopic (exact) mass is 385 g/mol.